The Labute approximate surface area is 149 Å². The van der Waals surface area contributed by atoms with Gasteiger partial charge < -0.3 is 4.74 Å². The molecule has 24 heavy (non-hydrogen) atoms. The van der Waals surface area contributed by atoms with Gasteiger partial charge in [0.1, 0.15) is 0 Å². The maximum Gasteiger partial charge on any atom is 0.305 e. The SMILES string of the molecule is CCCCCCCCCCCCC(=O)OCCCc1ccccc1. The van der Waals surface area contributed by atoms with Gasteiger partial charge in [-0.3, -0.25) is 4.79 Å². The molecule has 0 aliphatic rings. The molecular weight excluding hydrogens is 296 g/mol. The highest BCUT2D eigenvalue weighted by Crippen LogP contribution is 2.11. The number of hydrogen-bond acceptors (Lipinski definition) is 2. The van der Waals surface area contributed by atoms with Crippen molar-refractivity contribution in [2.75, 3.05) is 6.61 Å². The van der Waals surface area contributed by atoms with Crippen molar-refractivity contribution < 1.29 is 9.53 Å². The lowest BCUT2D eigenvalue weighted by atomic mass is 10.1. The summed E-state index contributed by atoms with van der Waals surface area (Å²) in [7, 11) is 0. The molecule has 136 valence electrons. The third-order valence-corrected chi connectivity index (χ3v) is 4.45. The van der Waals surface area contributed by atoms with E-state index in [2.05, 4.69) is 19.1 Å². The number of rotatable bonds is 15. The number of aryl methyl sites for hydroxylation is 1. The van der Waals surface area contributed by atoms with E-state index in [1.807, 2.05) is 18.2 Å². The normalized spacial score (nSPS) is 10.7. The van der Waals surface area contributed by atoms with E-state index >= 15 is 0 Å². The van der Waals surface area contributed by atoms with E-state index in [1.165, 1.54) is 56.9 Å². The number of hydrogen-bond donors (Lipinski definition) is 0. The summed E-state index contributed by atoms with van der Waals surface area (Å²) in [5.74, 6) is -0.0253. The summed E-state index contributed by atoms with van der Waals surface area (Å²) in [6.07, 6.45) is 15.4. The molecule has 0 bridgehead atoms. The predicted octanol–water partition coefficient (Wildman–Crippen LogP) is 6.47. The van der Waals surface area contributed by atoms with Crippen molar-refractivity contribution in [1.29, 1.82) is 0 Å². The molecule has 1 aromatic carbocycles. The average molecular weight is 333 g/mol. The van der Waals surface area contributed by atoms with E-state index in [4.69, 9.17) is 4.74 Å². The molecular formula is C22H36O2. The number of carbonyl (C=O) groups excluding carboxylic acids is 1. The second-order valence-corrected chi connectivity index (χ2v) is 6.74. The lowest BCUT2D eigenvalue weighted by Crippen LogP contribution is -2.06. The molecule has 0 unspecified atom stereocenters. The Kier molecular flexibility index (Phi) is 13.2. The maximum atomic E-state index is 11.7. The summed E-state index contributed by atoms with van der Waals surface area (Å²) in [6.45, 7) is 2.81. The van der Waals surface area contributed by atoms with E-state index in [1.54, 1.807) is 0 Å². The fourth-order valence-electron chi connectivity index (χ4n) is 2.94. The standard InChI is InChI=1S/C22H36O2/c1-2-3-4-5-6-7-8-9-10-14-19-22(23)24-20-15-18-21-16-12-11-13-17-21/h11-13,16-17H,2-10,14-15,18-20H2,1H3. The van der Waals surface area contributed by atoms with Gasteiger partial charge in [0.2, 0.25) is 0 Å². The third kappa shape index (κ3) is 12.2. The highest BCUT2D eigenvalue weighted by atomic mass is 16.5. The zero-order valence-electron chi connectivity index (χ0n) is 15.6. The Bertz CT molecular complexity index is 400. The topological polar surface area (TPSA) is 26.3 Å². The summed E-state index contributed by atoms with van der Waals surface area (Å²) >= 11 is 0. The van der Waals surface area contributed by atoms with Gasteiger partial charge >= 0.3 is 5.97 Å². The van der Waals surface area contributed by atoms with Crippen LogP contribution in [0.5, 0.6) is 0 Å². The molecule has 0 aliphatic heterocycles. The first-order chi connectivity index (χ1) is 11.8. The fraction of sp³-hybridized carbons (Fsp3) is 0.682. The summed E-state index contributed by atoms with van der Waals surface area (Å²) in [4.78, 5) is 11.7. The minimum atomic E-state index is -0.0253. The second-order valence-electron chi connectivity index (χ2n) is 6.74. The van der Waals surface area contributed by atoms with Crippen molar-refractivity contribution in [2.24, 2.45) is 0 Å². The molecule has 0 fully saturated rings. The molecule has 1 rings (SSSR count). The first-order valence-corrected chi connectivity index (χ1v) is 10.0. The largest absolute Gasteiger partial charge is 0.466 e. The van der Waals surface area contributed by atoms with Crippen molar-refractivity contribution in [3.63, 3.8) is 0 Å². The lowest BCUT2D eigenvalue weighted by Gasteiger charge is -2.05. The van der Waals surface area contributed by atoms with Crippen LogP contribution in [0.4, 0.5) is 0 Å². The monoisotopic (exact) mass is 332 g/mol. The maximum absolute atomic E-state index is 11.7. The first-order valence-electron chi connectivity index (χ1n) is 10.0. The highest BCUT2D eigenvalue weighted by Gasteiger charge is 2.02. The zero-order valence-corrected chi connectivity index (χ0v) is 15.6. The van der Waals surface area contributed by atoms with E-state index < -0.39 is 0 Å². The average Bonchev–Trinajstić information content (AvgIpc) is 2.61. The number of unbranched alkanes of at least 4 members (excludes halogenated alkanes) is 9. The Hall–Kier alpha value is -1.31. The molecule has 0 aromatic heterocycles. The summed E-state index contributed by atoms with van der Waals surface area (Å²) in [5.41, 5.74) is 1.31. The van der Waals surface area contributed by atoms with Gasteiger partial charge in [-0.15, -0.1) is 0 Å². The molecule has 2 heteroatoms. The van der Waals surface area contributed by atoms with Crippen LogP contribution in [-0.4, -0.2) is 12.6 Å². The number of carbonyl (C=O) groups is 1. The van der Waals surface area contributed by atoms with Crippen LogP contribution in [0.1, 0.15) is 89.5 Å². The van der Waals surface area contributed by atoms with Gasteiger partial charge in [0.05, 0.1) is 6.61 Å². The lowest BCUT2D eigenvalue weighted by molar-refractivity contribution is -0.143. The van der Waals surface area contributed by atoms with Crippen LogP contribution in [0.25, 0.3) is 0 Å². The quantitative estimate of drug-likeness (QED) is 0.271. The second kappa shape index (κ2) is 15.2. The summed E-state index contributed by atoms with van der Waals surface area (Å²) in [6, 6.07) is 10.4. The Morgan fingerprint density at radius 2 is 1.38 bits per heavy atom. The summed E-state index contributed by atoms with van der Waals surface area (Å²) < 4.78 is 5.31. The first kappa shape index (κ1) is 20.7. The van der Waals surface area contributed by atoms with E-state index in [9.17, 15) is 4.79 Å². The van der Waals surface area contributed by atoms with E-state index in [0.29, 0.717) is 13.0 Å². The molecule has 2 nitrogen and oxygen atoms in total. The molecule has 0 amide bonds. The Balaban J connectivity index is 1.83. The van der Waals surface area contributed by atoms with Crippen LogP contribution in [0, 0.1) is 0 Å². The Morgan fingerprint density at radius 3 is 2.00 bits per heavy atom. The van der Waals surface area contributed by atoms with Gasteiger partial charge in [-0.1, -0.05) is 95.0 Å². The van der Waals surface area contributed by atoms with E-state index in [-0.39, 0.29) is 5.97 Å². The van der Waals surface area contributed by atoms with Crippen LogP contribution in [0.15, 0.2) is 30.3 Å². The molecule has 0 atom stereocenters. The number of benzene rings is 1. The van der Waals surface area contributed by atoms with Crippen LogP contribution < -0.4 is 0 Å². The molecule has 0 aliphatic carbocycles. The predicted molar refractivity (Wildman–Crippen MR) is 102 cm³/mol. The van der Waals surface area contributed by atoms with Crippen LogP contribution in [0.3, 0.4) is 0 Å². The van der Waals surface area contributed by atoms with Gasteiger partial charge in [-0.25, -0.2) is 0 Å². The molecule has 0 saturated carbocycles. The van der Waals surface area contributed by atoms with Crippen molar-refractivity contribution in [3.05, 3.63) is 35.9 Å². The zero-order chi connectivity index (χ0) is 17.3. The Morgan fingerprint density at radius 1 is 0.792 bits per heavy atom. The van der Waals surface area contributed by atoms with E-state index in [0.717, 1.165) is 25.7 Å². The van der Waals surface area contributed by atoms with Gasteiger partial charge in [0, 0.05) is 6.42 Å². The minimum absolute atomic E-state index is 0.0253. The summed E-state index contributed by atoms with van der Waals surface area (Å²) in [5, 5.41) is 0. The molecule has 0 saturated heterocycles. The third-order valence-electron chi connectivity index (χ3n) is 4.45. The van der Waals surface area contributed by atoms with Crippen LogP contribution in [-0.2, 0) is 16.0 Å². The van der Waals surface area contributed by atoms with Crippen molar-refractivity contribution >= 4 is 5.97 Å². The van der Waals surface area contributed by atoms with Crippen molar-refractivity contribution in [2.45, 2.75) is 90.4 Å². The number of esters is 1. The van der Waals surface area contributed by atoms with Gasteiger partial charge in [-0.2, -0.15) is 0 Å². The smallest absolute Gasteiger partial charge is 0.305 e. The van der Waals surface area contributed by atoms with Gasteiger partial charge in [-0.05, 0) is 24.8 Å². The highest BCUT2D eigenvalue weighted by molar-refractivity contribution is 5.69. The number of ether oxygens (including phenoxy) is 1. The molecule has 1 aromatic rings. The molecule has 0 radical (unpaired) electrons. The van der Waals surface area contributed by atoms with Gasteiger partial charge in [0.25, 0.3) is 0 Å². The molecule has 0 N–H and O–H groups in total. The van der Waals surface area contributed by atoms with Crippen LogP contribution in [0.2, 0.25) is 0 Å². The minimum Gasteiger partial charge on any atom is -0.466 e. The molecule has 0 heterocycles. The molecule has 0 spiro atoms. The van der Waals surface area contributed by atoms with Crippen LogP contribution >= 0.6 is 0 Å². The fourth-order valence-corrected chi connectivity index (χ4v) is 2.94. The van der Waals surface area contributed by atoms with Crippen molar-refractivity contribution in [1.82, 2.24) is 0 Å². The van der Waals surface area contributed by atoms with Gasteiger partial charge in [0.15, 0.2) is 0 Å². The van der Waals surface area contributed by atoms with Crippen molar-refractivity contribution in [3.8, 4) is 0 Å².